The molecule has 18 heavy (non-hydrogen) atoms. The third-order valence-electron chi connectivity index (χ3n) is 3.72. The van der Waals surface area contributed by atoms with Crippen molar-refractivity contribution in [3.05, 3.63) is 34.9 Å². The van der Waals surface area contributed by atoms with Crippen molar-refractivity contribution >= 4 is 0 Å². The molecule has 1 aromatic rings. The van der Waals surface area contributed by atoms with Crippen LogP contribution in [0.4, 0.5) is 13.2 Å². The molecule has 1 atom stereocenters. The Morgan fingerprint density at radius 1 is 1.11 bits per heavy atom. The number of alkyl halides is 3. The van der Waals surface area contributed by atoms with E-state index in [2.05, 4.69) is 0 Å². The number of nitrogens with two attached hydrogens (primary N) is 2. The number of hydrogen-bond donors (Lipinski definition) is 2. The number of rotatable bonds is 1. The molecule has 0 heterocycles. The third kappa shape index (κ3) is 2.67. The van der Waals surface area contributed by atoms with Crippen molar-refractivity contribution in [2.45, 2.75) is 37.4 Å². The lowest BCUT2D eigenvalue weighted by atomic mass is 9.91. The van der Waals surface area contributed by atoms with Gasteiger partial charge in [0.2, 0.25) is 0 Å². The quantitative estimate of drug-likeness (QED) is 0.759. The Morgan fingerprint density at radius 3 is 2.28 bits per heavy atom. The number of halogens is 3. The highest BCUT2D eigenvalue weighted by molar-refractivity contribution is 5.35. The molecule has 0 spiro atoms. The topological polar surface area (TPSA) is 52.0 Å². The van der Waals surface area contributed by atoms with E-state index < -0.39 is 17.3 Å². The molecule has 4 N–H and O–H groups in total. The van der Waals surface area contributed by atoms with E-state index in [9.17, 15) is 13.2 Å². The molecule has 1 aliphatic carbocycles. The predicted molar refractivity (Wildman–Crippen MR) is 64.1 cm³/mol. The molecule has 1 aromatic carbocycles. The average molecular weight is 258 g/mol. The molecule has 0 aliphatic heterocycles. The fourth-order valence-corrected chi connectivity index (χ4v) is 2.38. The molecule has 0 fully saturated rings. The Kier molecular flexibility index (Phi) is 3.38. The van der Waals surface area contributed by atoms with Gasteiger partial charge in [-0.3, -0.25) is 0 Å². The maximum Gasteiger partial charge on any atom is 0.416 e. The SMILES string of the molecule is NC[C@]1(N)CCc2ccc(C(F)(F)F)cc2CC1. The van der Waals surface area contributed by atoms with Gasteiger partial charge in [-0.2, -0.15) is 13.2 Å². The van der Waals surface area contributed by atoms with Crippen molar-refractivity contribution in [1.29, 1.82) is 0 Å². The summed E-state index contributed by atoms with van der Waals surface area (Å²) in [6, 6.07) is 3.96. The maximum atomic E-state index is 12.6. The average Bonchev–Trinajstić information content (AvgIpc) is 2.49. The van der Waals surface area contributed by atoms with Crippen LogP contribution in [0.25, 0.3) is 0 Å². The summed E-state index contributed by atoms with van der Waals surface area (Å²) in [6.45, 7) is 0.368. The van der Waals surface area contributed by atoms with E-state index in [4.69, 9.17) is 11.5 Å². The molecule has 0 saturated heterocycles. The summed E-state index contributed by atoms with van der Waals surface area (Å²) in [4.78, 5) is 0. The maximum absolute atomic E-state index is 12.6. The van der Waals surface area contributed by atoms with Gasteiger partial charge in [-0.05, 0) is 48.9 Å². The first-order valence-electron chi connectivity index (χ1n) is 6.02. The summed E-state index contributed by atoms with van der Waals surface area (Å²) in [7, 11) is 0. The molecule has 0 aromatic heterocycles. The molecule has 2 rings (SSSR count). The lowest BCUT2D eigenvalue weighted by molar-refractivity contribution is -0.137. The second kappa shape index (κ2) is 4.55. The molecular formula is C13H17F3N2. The number of hydrogen-bond acceptors (Lipinski definition) is 2. The Hall–Kier alpha value is -1.07. The second-order valence-electron chi connectivity index (χ2n) is 5.05. The number of aryl methyl sites for hydroxylation is 2. The van der Waals surface area contributed by atoms with Crippen LogP contribution in [-0.4, -0.2) is 12.1 Å². The summed E-state index contributed by atoms with van der Waals surface area (Å²) >= 11 is 0. The van der Waals surface area contributed by atoms with Crippen LogP contribution in [0.1, 0.15) is 29.5 Å². The highest BCUT2D eigenvalue weighted by Crippen LogP contribution is 2.33. The summed E-state index contributed by atoms with van der Waals surface area (Å²) < 4.78 is 37.9. The Balaban J connectivity index is 2.29. The summed E-state index contributed by atoms with van der Waals surface area (Å²) in [5.41, 5.74) is 12.4. The highest BCUT2D eigenvalue weighted by Gasteiger charge is 2.32. The van der Waals surface area contributed by atoms with E-state index in [0.29, 0.717) is 25.8 Å². The van der Waals surface area contributed by atoms with Gasteiger partial charge < -0.3 is 11.5 Å². The zero-order valence-corrected chi connectivity index (χ0v) is 10.1. The van der Waals surface area contributed by atoms with E-state index in [1.54, 1.807) is 6.07 Å². The van der Waals surface area contributed by atoms with Crippen LogP contribution in [0, 0.1) is 0 Å². The molecule has 0 radical (unpaired) electrons. The van der Waals surface area contributed by atoms with Crippen LogP contribution < -0.4 is 11.5 Å². The van der Waals surface area contributed by atoms with Gasteiger partial charge in [-0.25, -0.2) is 0 Å². The molecule has 100 valence electrons. The predicted octanol–water partition coefficient (Wildman–Crippen LogP) is 2.24. The molecular weight excluding hydrogens is 241 g/mol. The lowest BCUT2D eigenvalue weighted by Gasteiger charge is -2.25. The van der Waals surface area contributed by atoms with E-state index in [1.807, 2.05) is 0 Å². The summed E-state index contributed by atoms with van der Waals surface area (Å²) in [5.74, 6) is 0. The van der Waals surface area contributed by atoms with Gasteiger partial charge in [0.1, 0.15) is 0 Å². The third-order valence-corrected chi connectivity index (χ3v) is 3.72. The fourth-order valence-electron chi connectivity index (χ4n) is 2.38. The van der Waals surface area contributed by atoms with Crippen molar-refractivity contribution in [3.8, 4) is 0 Å². The minimum Gasteiger partial charge on any atom is -0.329 e. The van der Waals surface area contributed by atoms with Crippen LogP contribution in [0.5, 0.6) is 0 Å². The van der Waals surface area contributed by atoms with E-state index in [0.717, 1.165) is 23.6 Å². The smallest absolute Gasteiger partial charge is 0.329 e. The molecule has 0 bridgehead atoms. The van der Waals surface area contributed by atoms with E-state index in [-0.39, 0.29) is 0 Å². The zero-order chi connectivity index (χ0) is 13.4. The van der Waals surface area contributed by atoms with E-state index in [1.165, 1.54) is 6.07 Å². The molecule has 5 heteroatoms. The van der Waals surface area contributed by atoms with Crippen LogP contribution >= 0.6 is 0 Å². The summed E-state index contributed by atoms with van der Waals surface area (Å²) in [6.07, 6.45) is -1.66. The Bertz CT molecular complexity index is 442. The van der Waals surface area contributed by atoms with Gasteiger partial charge in [-0.15, -0.1) is 0 Å². The van der Waals surface area contributed by atoms with Crippen molar-refractivity contribution in [2.24, 2.45) is 11.5 Å². The standard InChI is InChI=1S/C13H17F3N2/c14-13(15,16)11-2-1-9-3-5-12(18,8-17)6-4-10(9)7-11/h1-2,7H,3-6,8,17-18H2/t12-/m0/s1. The summed E-state index contributed by atoms with van der Waals surface area (Å²) in [5, 5.41) is 0. The highest BCUT2D eigenvalue weighted by atomic mass is 19.4. The van der Waals surface area contributed by atoms with Crippen LogP contribution in [0.2, 0.25) is 0 Å². The zero-order valence-electron chi connectivity index (χ0n) is 10.1. The van der Waals surface area contributed by atoms with Crippen molar-refractivity contribution < 1.29 is 13.2 Å². The van der Waals surface area contributed by atoms with Crippen molar-refractivity contribution in [1.82, 2.24) is 0 Å². The van der Waals surface area contributed by atoms with Crippen LogP contribution in [-0.2, 0) is 19.0 Å². The molecule has 2 nitrogen and oxygen atoms in total. The van der Waals surface area contributed by atoms with Gasteiger partial charge in [0.15, 0.2) is 0 Å². The van der Waals surface area contributed by atoms with Gasteiger partial charge in [0.05, 0.1) is 5.56 Å². The van der Waals surface area contributed by atoms with Crippen LogP contribution in [0.3, 0.4) is 0 Å². The minimum absolute atomic E-state index is 0.368. The first kappa shape index (κ1) is 13.4. The first-order chi connectivity index (χ1) is 8.34. The minimum atomic E-state index is -4.28. The molecule has 0 unspecified atom stereocenters. The van der Waals surface area contributed by atoms with Crippen LogP contribution in [0.15, 0.2) is 18.2 Å². The monoisotopic (exact) mass is 258 g/mol. The van der Waals surface area contributed by atoms with Gasteiger partial charge >= 0.3 is 6.18 Å². The van der Waals surface area contributed by atoms with Gasteiger partial charge in [0.25, 0.3) is 0 Å². The Labute approximate surface area is 104 Å². The normalized spacial score (nSPS) is 24.5. The molecule has 0 saturated carbocycles. The first-order valence-corrected chi connectivity index (χ1v) is 6.02. The Morgan fingerprint density at radius 2 is 1.72 bits per heavy atom. The number of fused-ring (bicyclic) bond motifs is 1. The van der Waals surface area contributed by atoms with E-state index >= 15 is 0 Å². The molecule has 1 aliphatic rings. The largest absolute Gasteiger partial charge is 0.416 e. The van der Waals surface area contributed by atoms with Gasteiger partial charge in [0, 0.05) is 12.1 Å². The lowest BCUT2D eigenvalue weighted by Crippen LogP contribution is -2.47. The van der Waals surface area contributed by atoms with Crippen molar-refractivity contribution in [2.75, 3.05) is 6.54 Å². The van der Waals surface area contributed by atoms with Gasteiger partial charge in [-0.1, -0.05) is 6.07 Å². The van der Waals surface area contributed by atoms with Crippen molar-refractivity contribution in [3.63, 3.8) is 0 Å². The molecule has 0 amide bonds. The second-order valence-corrected chi connectivity index (χ2v) is 5.05. The fraction of sp³-hybridized carbons (Fsp3) is 0.538. The number of benzene rings is 1.